The molecule has 7 nitrogen and oxygen atoms in total. The number of carbonyl (C=O) groups is 3. The van der Waals surface area contributed by atoms with E-state index in [1.807, 2.05) is 0 Å². The van der Waals surface area contributed by atoms with Gasteiger partial charge in [-0.05, 0) is 0 Å². The molecule has 1 fully saturated rings. The largest absolute Gasteiger partial charge is 0.457 e. The average molecular weight is 320 g/mol. The molecule has 0 aromatic carbocycles. The van der Waals surface area contributed by atoms with Gasteiger partial charge < -0.3 is 10.5 Å². The lowest BCUT2D eigenvalue weighted by atomic mass is 10.1. The van der Waals surface area contributed by atoms with Crippen molar-refractivity contribution in [2.75, 3.05) is 26.4 Å². The van der Waals surface area contributed by atoms with E-state index in [-0.39, 0.29) is 43.4 Å². The number of Topliss-reactive ketones (excluding diaryl/α,β-unsaturated/α-hetero) is 1. The van der Waals surface area contributed by atoms with Gasteiger partial charge >= 0.3 is 5.97 Å². The Balaban J connectivity index is 0.00000220. The van der Waals surface area contributed by atoms with Gasteiger partial charge in [0.15, 0.2) is 18.2 Å². The lowest BCUT2D eigenvalue weighted by Gasteiger charge is -2.20. The highest BCUT2D eigenvalue weighted by Gasteiger charge is 2.47. The van der Waals surface area contributed by atoms with Crippen molar-refractivity contribution in [2.24, 2.45) is 5.73 Å². The standard InChI is InChI=1S/C12H14FN3O4.ClH/c1-2-3-20-12(19)10-7(9(17)4-13)5-15-6-8(14)11(18)16(10)15;/h2,8H,1,3-6,14H2;1H. The SMILES string of the molecule is C=CCOC(=O)C1=C(C(=O)CF)CN2CC(N)C(=O)N12.Cl. The van der Waals surface area contributed by atoms with Gasteiger partial charge in [-0.15, -0.1) is 12.4 Å². The number of ether oxygens (including phenoxy) is 1. The number of halogens is 2. The Bertz CT molecular complexity index is 523. The Morgan fingerprint density at radius 3 is 2.76 bits per heavy atom. The van der Waals surface area contributed by atoms with Crippen LogP contribution in [-0.4, -0.2) is 60.1 Å². The minimum atomic E-state index is -1.24. The van der Waals surface area contributed by atoms with E-state index >= 15 is 0 Å². The van der Waals surface area contributed by atoms with E-state index in [0.29, 0.717) is 0 Å². The fraction of sp³-hybridized carbons (Fsp3) is 0.417. The van der Waals surface area contributed by atoms with E-state index < -0.39 is 30.4 Å². The van der Waals surface area contributed by atoms with E-state index in [2.05, 4.69) is 6.58 Å². The number of nitrogens with two attached hydrogens (primary N) is 1. The number of rotatable bonds is 5. The van der Waals surface area contributed by atoms with Crippen molar-refractivity contribution in [3.63, 3.8) is 0 Å². The van der Waals surface area contributed by atoms with Gasteiger partial charge in [-0.1, -0.05) is 12.7 Å². The van der Waals surface area contributed by atoms with Gasteiger partial charge in [-0.25, -0.2) is 19.2 Å². The third kappa shape index (κ3) is 2.97. The molecule has 1 saturated heterocycles. The number of alkyl halides is 1. The molecule has 0 bridgehead atoms. The molecule has 0 aromatic heterocycles. The molecule has 1 atom stereocenters. The summed E-state index contributed by atoms with van der Waals surface area (Å²) in [5.74, 6) is -2.23. The molecule has 2 N–H and O–H groups in total. The molecular weight excluding hydrogens is 305 g/mol. The van der Waals surface area contributed by atoms with Gasteiger partial charge in [-0.3, -0.25) is 9.59 Å². The van der Waals surface area contributed by atoms with Crippen LogP contribution in [0.4, 0.5) is 4.39 Å². The number of ketones is 1. The molecule has 0 aliphatic carbocycles. The lowest BCUT2D eigenvalue weighted by molar-refractivity contribution is -0.146. The summed E-state index contributed by atoms with van der Waals surface area (Å²) in [6, 6.07) is -0.778. The number of nitrogens with zero attached hydrogens (tertiary/aromatic N) is 2. The van der Waals surface area contributed by atoms with Crippen LogP contribution in [0.5, 0.6) is 0 Å². The average Bonchev–Trinajstić information content (AvgIpc) is 2.93. The molecule has 2 aliphatic rings. The van der Waals surface area contributed by atoms with Crippen LogP contribution in [0.3, 0.4) is 0 Å². The molecule has 9 heteroatoms. The second-order valence-corrected chi connectivity index (χ2v) is 4.37. The molecule has 21 heavy (non-hydrogen) atoms. The van der Waals surface area contributed by atoms with E-state index in [9.17, 15) is 18.8 Å². The maximum atomic E-state index is 12.6. The predicted octanol–water partition coefficient (Wildman–Crippen LogP) is -0.670. The molecule has 116 valence electrons. The summed E-state index contributed by atoms with van der Waals surface area (Å²) < 4.78 is 17.4. The normalized spacial score (nSPS) is 21.1. The number of hydrogen-bond acceptors (Lipinski definition) is 6. The smallest absolute Gasteiger partial charge is 0.357 e. The molecule has 0 aromatic rings. The predicted molar refractivity (Wildman–Crippen MR) is 72.8 cm³/mol. The van der Waals surface area contributed by atoms with E-state index in [4.69, 9.17) is 10.5 Å². The maximum Gasteiger partial charge on any atom is 0.357 e. The first-order chi connectivity index (χ1) is 9.51. The number of hydrogen-bond donors (Lipinski definition) is 1. The monoisotopic (exact) mass is 319 g/mol. The van der Waals surface area contributed by atoms with Crippen LogP contribution in [0.15, 0.2) is 23.9 Å². The second-order valence-electron chi connectivity index (χ2n) is 4.37. The summed E-state index contributed by atoms with van der Waals surface area (Å²) in [5, 5.41) is 2.44. The van der Waals surface area contributed by atoms with Crippen molar-refractivity contribution < 1.29 is 23.5 Å². The number of carbonyl (C=O) groups excluding carboxylic acids is 3. The van der Waals surface area contributed by atoms with Crippen molar-refractivity contribution in [2.45, 2.75) is 6.04 Å². The van der Waals surface area contributed by atoms with Gasteiger partial charge in [0.25, 0.3) is 5.91 Å². The van der Waals surface area contributed by atoms with Crippen LogP contribution in [0.2, 0.25) is 0 Å². The van der Waals surface area contributed by atoms with Crippen LogP contribution < -0.4 is 5.73 Å². The highest BCUT2D eigenvalue weighted by molar-refractivity contribution is 6.08. The Morgan fingerprint density at radius 1 is 1.52 bits per heavy atom. The Labute approximate surface area is 126 Å². The summed E-state index contributed by atoms with van der Waals surface area (Å²) in [6.07, 6.45) is 1.35. The molecule has 2 rings (SSSR count). The van der Waals surface area contributed by atoms with Crippen molar-refractivity contribution in [3.05, 3.63) is 23.9 Å². The highest BCUT2D eigenvalue weighted by Crippen LogP contribution is 2.30. The summed E-state index contributed by atoms with van der Waals surface area (Å²) >= 11 is 0. The Kier molecular flexibility index (Phi) is 5.59. The van der Waals surface area contributed by atoms with Gasteiger partial charge in [0.05, 0.1) is 0 Å². The number of amides is 1. The van der Waals surface area contributed by atoms with Gasteiger partial charge in [0, 0.05) is 18.7 Å². The van der Waals surface area contributed by atoms with Gasteiger partial charge in [0.2, 0.25) is 0 Å². The molecule has 0 spiro atoms. The molecular formula is C12H15ClFN3O4. The minimum absolute atomic E-state index is 0. The first kappa shape index (κ1) is 17.3. The molecule has 2 heterocycles. The number of fused-ring (bicyclic) bond motifs is 1. The minimum Gasteiger partial charge on any atom is -0.457 e. The zero-order valence-corrected chi connectivity index (χ0v) is 11.9. The molecule has 1 unspecified atom stereocenters. The van der Waals surface area contributed by atoms with Crippen LogP contribution in [-0.2, 0) is 19.1 Å². The van der Waals surface area contributed by atoms with Crippen molar-refractivity contribution in [1.82, 2.24) is 10.0 Å². The Hall–Kier alpha value is -1.77. The summed E-state index contributed by atoms with van der Waals surface area (Å²) in [4.78, 5) is 35.5. The molecule has 1 amide bonds. The summed E-state index contributed by atoms with van der Waals surface area (Å²) in [5.41, 5.74) is 5.29. The van der Waals surface area contributed by atoms with Gasteiger partial charge in [0.1, 0.15) is 12.6 Å². The number of esters is 1. The van der Waals surface area contributed by atoms with Crippen molar-refractivity contribution in [1.29, 1.82) is 0 Å². The van der Waals surface area contributed by atoms with Crippen molar-refractivity contribution in [3.8, 4) is 0 Å². The van der Waals surface area contributed by atoms with Crippen molar-refractivity contribution >= 4 is 30.1 Å². The van der Waals surface area contributed by atoms with Crippen LogP contribution in [0, 0.1) is 0 Å². The van der Waals surface area contributed by atoms with Crippen LogP contribution in [0.1, 0.15) is 0 Å². The topological polar surface area (TPSA) is 92.9 Å². The van der Waals surface area contributed by atoms with E-state index in [1.54, 1.807) is 0 Å². The van der Waals surface area contributed by atoms with Crippen LogP contribution >= 0.6 is 12.4 Å². The maximum absolute atomic E-state index is 12.6. The fourth-order valence-corrected chi connectivity index (χ4v) is 2.17. The zero-order valence-electron chi connectivity index (χ0n) is 11.1. The third-order valence-electron chi connectivity index (χ3n) is 3.04. The fourth-order valence-electron chi connectivity index (χ4n) is 2.17. The second kappa shape index (κ2) is 6.79. The quantitative estimate of drug-likeness (QED) is 0.534. The lowest BCUT2D eigenvalue weighted by Crippen LogP contribution is -2.38. The van der Waals surface area contributed by atoms with Gasteiger partial charge in [-0.2, -0.15) is 0 Å². The molecule has 0 radical (unpaired) electrons. The highest BCUT2D eigenvalue weighted by atomic mass is 35.5. The first-order valence-electron chi connectivity index (χ1n) is 5.96. The third-order valence-corrected chi connectivity index (χ3v) is 3.04. The zero-order chi connectivity index (χ0) is 14.9. The number of hydrazine groups is 1. The van der Waals surface area contributed by atoms with Crippen LogP contribution in [0.25, 0.3) is 0 Å². The summed E-state index contributed by atoms with van der Waals surface area (Å²) in [7, 11) is 0. The Morgan fingerprint density at radius 2 is 2.19 bits per heavy atom. The molecule has 0 saturated carbocycles. The van der Waals surface area contributed by atoms with E-state index in [1.165, 1.54) is 11.1 Å². The van der Waals surface area contributed by atoms with E-state index in [0.717, 1.165) is 5.01 Å². The molecule has 2 aliphatic heterocycles. The summed E-state index contributed by atoms with van der Waals surface area (Å²) in [6.45, 7) is 2.22. The first-order valence-corrected chi connectivity index (χ1v) is 5.96.